The van der Waals surface area contributed by atoms with Crippen LogP contribution in [-0.4, -0.2) is 49.8 Å². The Kier molecular flexibility index (Phi) is 3.49. The number of hydrogen-bond donors (Lipinski definition) is 0. The van der Waals surface area contributed by atoms with Gasteiger partial charge in [0.2, 0.25) is 5.91 Å². The summed E-state index contributed by atoms with van der Waals surface area (Å²) in [5.74, 6) is 0.0972. The van der Waals surface area contributed by atoms with Crippen LogP contribution >= 0.6 is 11.6 Å². The highest BCUT2D eigenvalue weighted by molar-refractivity contribution is 7.96. The van der Waals surface area contributed by atoms with E-state index in [0.717, 1.165) is 0 Å². The molecule has 0 radical (unpaired) electrons. The number of carbonyl (C=O) groups is 1. The van der Waals surface area contributed by atoms with Crippen LogP contribution in [0.1, 0.15) is 12.8 Å². The van der Waals surface area contributed by atoms with Crippen molar-refractivity contribution in [1.29, 1.82) is 0 Å². The van der Waals surface area contributed by atoms with Gasteiger partial charge < -0.3 is 4.55 Å². The summed E-state index contributed by atoms with van der Waals surface area (Å²) in [6, 6.07) is 3.14. The third-order valence-electron chi connectivity index (χ3n) is 3.39. The first kappa shape index (κ1) is 13.9. The van der Waals surface area contributed by atoms with Crippen molar-refractivity contribution >= 4 is 33.7 Å². The van der Waals surface area contributed by atoms with Crippen molar-refractivity contribution in [3.05, 3.63) is 17.3 Å². The highest BCUT2D eigenvalue weighted by Crippen LogP contribution is 2.35. The lowest BCUT2D eigenvalue weighted by molar-refractivity contribution is -0.120. The first-order valence-corrected chi connectivity index (χ1v) is 8.15. The highest BCUT2D eigenvalue weighted by atomic mass is 35.5. The molecular formula is C11H13ClN4O3S. The minimum absolute atomic E-state index is 0.136. The van der Waals surface area contributed by atoms with E-state index < -0.39 is 10.4 Å². The Morgan fingerprint density at radius 2 is 2.05 bits per heavy atom. The zero-order chi connectivity index (χ0) is 14.3. The van der Waals surface area contributed by atoms with E-state index in [1.807, 2.05) is 0 Å². The molecule has 1 aromatic rings. The summed E-state index contributed by atoms with van der Waals surface area (Å²) in [5, 5.41) is 7.48. The molecule has 2 aliphatic rings. The molecule has 2 fully saturated rings. The molecule has 7 nitrogen and oxygen atoms in total. The fourth-order valence-electron chi connectivity index (χ4n) is 2.14. The Morgan fingerprint density at radius 3 is 2.60 bits per heavy atom. The number of sulfonamides is 1. The second kappa shape index (κ2) is 5.03. The molecule has 1 aromatic heterocycles. The lowest BCUT2D eigenvalue weighted by atomic mass is 10.3. The zero-order valence-corrected chi connectivity index (χ0v) is 12.1. The van der Waals surface area contributed by atoms with Crippen LogP contribution in [0.3, 0.4) is 0 Å². The fraction of sp³-hybridized carbons (Fsp3) is 0.545. The Bertz CT molecular complexity index is 578. The second-order valence-electron chi connectivity index (χ2n) is 4.84. The SMILES string of the molecule is O=C1CN([S+](=O)([O-])C2CC2)CCN1c1ccc(Cl)nn1. The molecule has 9 heteroatoms. The van der Waals surface area contributed by atoms with E-state index in [9.17, 15) is 13.6 Å². The maximum Gasteiger partial charge on any atom is 0.247 e. The molecule has 1 saturated carbocycles. The van der Waals surface area contributed by atoms with E-state index in [4.69, 9.17) is 11.6 Å². The molecule has 2 heterocycles. The quantitative estimate of drug-likeness (QED) is 0.757. The van der Waals surface area contributed by atoms with Gasteiger partial charge in [0.25, 0.3) is 0 Å². The summed E-state index contributed by atoms with van der Waals surface area (Å²) in [6.07, 6.45) is 1.39. The molecule has 0 bridgehead atoms. The van der Waals surface area contributed by atoms with E-state index in [1.165, 1.54) is 9.21 Å². The second-order valence-corrected chi connectivity index (χ2v) is 7.44. The molecular weight excluding hydrogens is 304 g/mol. The molecule has 0 N–H and O–H groups in total. The predicted octanol–water partition coefficient (Wildman–Crippen LogP) is 0.486. The molecule has 20 heavy (non-hydrogen) atoms. The molecule has 1 amide bonds. The van der Waals surface area contributed by atoms with Crippen LogP contribution in [0.5, 0.6) is 0 Å². The smallest absolute Gasteiger partial charge is 0.247 e. The lowest BCUT2D eigenvalue weighted by Crippen LogP contribution is -2.55. The largest absolute Gasteiger partial charge is 0.597 e. The minimum atomic E-state index is -3.31. The van der Waals surface area contributed by atoms with Crippen LogP contribution < -0.4 is 4.90 Å². The van der Waals surface area contributed by atoms with Crippen molar-refractivity contribution in [2.24, 2.45) is 0 Å². The average Bonchev–Trinajstić information content (AvgIpc) is 3.24. The van der Waals surface area contributed by atoms with E-state index in [-0.39, 0.29) is 35.9 Å². The number of aromatic nitrogens is 2. The van der Waals surface area contributed by atoms with E-state index >= 15 is 0 Å². The van der Waals surface area contributed by atoms with Gasteiger partial charge in [0.1, 0.15) is 22.2 Å². The van der Waals surface area contributed by atoms with Crippen LogP contribution in [0.4, 0.5) is 5.82 Å². The molecule has 108 valence electrons. The van der Waals surface area contributed by atoms with Crippen LogP contribution in [0.15, 0.2) is 12.1 Å². The molecule has 1 saturated heterocycles. The Balaban J connectivity index is 1.72. The molecule has 0 spiro atoms. The number of carbonyl (C=O) groups excluding carboxylic acids is 1. The first-order valence-electron chi connectivity index (χ1n) is 6.27. The predicted molar refractivity (Wildman–Crippen MR) is 72.8 cm³/mol. The van der Waals surface area contributed by atoms with E-state index in [2.05, 4.69) is 10.2 Å². The van der Waals surface area contributed by atoms with Gasteiger partial charge in [0, 0.05) is 19.4 Å². The van der Waals surface area contributed by atoms with E-state index in [0.29, 0.717) is 18.7 Å². The Morgan fingerprint density at radius 1 is 1.30 bits per heavy atom. The van der Waals surface area contributed by atoms with Gasteiger partial charge in [0.15, 0.2) is 11.0 Å². The summed E-state index contributed by atoms with van der Waals surface area (Å²) in [5.41, 5.74) is 0. The number of nitrogens with zero attached hydrogens (tertiary/aromatic N) is 4. The van der Waals surface area contributed by atoms with Crippen LogP contribution in [0, 0.1) is 0 Å². The van der Waals surface area contributed by atoms with Crippen LogP contribution in [-0.2, 0) is 19.4 Å². The third-order valence-corrected chi connectivity index (χ3v) is 5.93. The van der Waals surface area contributed by atoms with Crippen LogP contribution in [0.2, 0.25) is 5.15 Å². The zero-order valence-electron chi connectivity index (χ0n) is 10.6. The topological polar surface area (TPSA) is 89.5 Å². The number of rotatable bonds is 3. The monoisotopic (exact) mass is 316 g/mol. The van der Waals surface area contributed by atoms with Gasteiger partial charge >= 0.3 is 0 Å². The number of piperazine rings is 1. The molecule has 0 aromatic carbocycles. The number of amides is 1. The standard InChI is InChI=1S/C11H13ClN4O3S/c12-9-3-4-10(14-13-9)16-6-5-15(7-11(16)17)20(18,19)8-1-2-8/h3-4,8H,1-2,5-7H2. The number of halogens is 1. The summed E-state index contributed by atoms with van der Waals surface area (Å²) < 4.78 is 25.5. The van der Waals surface area contributed by atoms with Crippen molar-refractivity contribution < 1.29 is 13.6 Å². The van der Waals surface area contributed by atoms with E-state index in [1.54, 1.807) is 12.1 Å². The van der Waals surface area contributed by atoms with Crippen molar-refractivity contribution in [2.75, 3.05) is 24.5 Å². The van der Waals surface area contributed by atoms with Gasteiger partial charge in [-0.05, 0) is 12.1 Å². The number of hydrogen-bond acceptors (Lipinski definition) is 5. The van der Waals surface area contributed by atoms with Gasteiger partial charge in [-0.1, -0.05) is 15.8 Å². The summed E-state index contributed by atoms with van der Waals surface area (Å²) >= 11 is 5.65. The van der Waals surface area contributed by atoms with Gasteiger partial charge in [-0.3, -0.25) is 9.69 Å². The normalized spacial score (nSPS) is 23.7. The van der Waals surface area contributed by atoms with Gasteiger partial charge in [0.05, 0.1) is 6.54 Å². The maximum atomic E-state index is 12.1. The summed E-state index contributed by atoms with van der Waals surface area (Å²) in [6.45, 7) is 0.430. The molecule has 3 rings (SSSR count). The highest BCUT2D eigenvalue weighted by Gasteiger charge is 2.47. The summed E-state index contributed by atoms with van der Waals surface area (Å²) in [7, 11) is -3.31. The van der Waals surface area contributed by atoms with Gasteiger partial charge in [-0.15, -0.1) is 14.5 Å². The van der Waals surface area contributed by atoms with Gasteiger partial charge in [-0.25, -0.2) is 0 Å². The molecule has 1 atom stereocenters. The molecule has 1 unspecified atom stereocenters. The van der Waals surface area contributed by atoms with Crippen LogP contribution in [0.25, 0.3) is 0 Å². The third kappa shape index (κ3) is 2.56. The molecule has 1 aliphatic carbocycles. The fourth-order valence-corrected chi connectivity index (χ4v) is 4.02. The lowest BCUT2D eigenvalue weighted by Gasteiger charge is -2.34. The maximum absolute atomic E-state index is 12.1. The molecule has 1 aliphatic heterocycles. The Labute approximate surface area is 122 Å². The van der Waals surface area contributed by atoms with Crippen molar-refractivity contribution in [2.45, 2.75) is 18.1 Å². The Hall–Kier alpha value is -1.09. The van der Waals surface area contributed by atoms with Gasteiger partial charge in [-0.2, -0.15) is 0 Å². The average molecular weight is 317 g/mol. The van der Waals surface area contributed by atoms with Crippen molar-refractivity contribution in [3.63, 3.8) is 0 Å². The first-order chi connectivity index (χ1) is 9.48. The van der Waals surface area contributed by atoms with Crippen molar-refractivity contribution in [3.8, 4) is 0 Å². The van der Waals surface area contributed by atoms with Crippen molar-refractivity contribution in [1.82, 2.24) is 14.5 Å². The minimum Gasteiger partial charge on any atom is -0.597 e. The summed E-state index contributed by atoms with van der Waals surface area (Å²) in [4.78, 5) is 13.5. The number of anilines is 1.